The molecule has 1 fully saturated rings. The largest absolute Gasteiger partial charge is 0.330 e. The lowest BCUT2D eigenvalue weighted by Crippen LogP contribution is -2.46. The number of nitrogens with zero attached hydrogens (tertiary/aromatic N) is 1. The fourth-order valence-corrected chi connectivity index (χ4v) is 3.63. The van der Waals surface area contributed by atoms with Crippen molar-refractivity contribution < 1.29 is 0 Å². The van der Waals surface area contributed by atoms with Gasteiger partial charge in [0, 0.05) is 12.1 Å². The summed E-state index contributed by atoms with van der Waals surface area (Å²) in [5.74, 6) is 0.756. The fourth-order valence-electron chi connectivity index (χ4n) is 3.63. The SMILES string of the molecule is CCCC(CCC)N(CC)C1CCCC1CN. The summed E-state index contributed by atoms with van der Waals surface area (Å²) in [4.78, 5) is 2.78. The Bertz CT molecular complexity index is 187. The lowest BCUT2D eigenvalue weighted by Gasteiger charge is -2.38. The van der Waals surface area contributed by atoms with E-state index in [1.54, 1.807) is 0 Å². The van der Waals surface area contributed by atoms with E-state index in [4.69, 9.17) is 5.73 Å². The molecule has 1 saturated carbocycles. The monoisotopic (exact) mass is 240 g/mol. The molecular formula is C15H32N2. The maximum atomic E-state index is 5.94. The number of nitrogens with two attached hydrogens (primary N) is 1. The summed E-state index contributed by atoms with van der Waals surface area (Å²) in [7, 11) is 0. The van der Waals surface area contributed by atoms with Crippen molar-refractivity contribution in [3.8, 4) is 0 Å². The zero-order valence-electron chi connectivity index (χ0n) is 12.1. The summed E-state index contributed by atoms with van der Waals surface area (Å²) >= 11 is 0. The van der Waals surface area contributed by atoms with Crippen molar-refractivity contribution in [1.82, 2.24) is 4.90 Å². The van der Waals surface area contributed by atoms with Gasteiger partial charge in [0.25, 0.3) is 0 Å². The Morgan fingerprint density at radius 3 is 2.24 bits per heavy atom. The molecule has 2 nitrogen and oxygen atoms in total. The summed E-state index contributed by atoms with van der Waals surface area (Å²) in [6.45, 7) is 9.03. The fraction of sp³-hybridized carbons (Fsp3) is 1.00. The van der Waals surface area contributed by atoms with Gasteiger partial charge in [-0.15, -0.1) is 0 Å². The first kappa shape index (κ1) is 15.0. The Hall–Kier alpha value is -0.0800. The molecule has 0 radical (unpaired) electrons. The first-order valence-electron chi connectivity index (χ1n) is 7.74. The summed E-state index contributed by atoms with van der Waals surface area (Å²) in [5, 5.41) is 0. The van der Waals surface area contributed by atoms with E-state index >= 15 is 0 Å². The Labute approximate surface area is 108 Å². The summed E-state index contributed by atoms with van der Waals surface area (Å²) in [6, 6.07) is 1.57. The molecule has 0 heterocycles. The Morgan fingerprint density at radius 1 is 1.12 bits per heavy atom. The normalized spacial score (nSPS) is 25.1. The number of hydrogen-bond acceptors (Lipinski definition) is 2. The van der Waals surface area contributed by atoms with Gasteiger partial charge < -0.3 is 5.73 Å². The molecule has 1 aliphatic rings. The van der Waals surface area contributed by atoms with Gasteiger partial charge in [0.2, 0.25) is 0 Å². The molecule has 2 unspecified atom stereocenters. The molecule has 0 aromatic heterocycles. The quantitative estimate of drug-likeness (QED) is 0.704. The van der Waals surface area contributed by atoms with Crippen LogP contribution in [0.1, 0.15) is 65.7 Å². The third-order valence-corrected chi connectivity index (χ3v) is 4.43. The van der Waals surface area contributed by atoms with Crippen LogP contribution in [0.15, 0.2) is 0 Å². The molecule has 2 atom stereocenters. The van der Waals surface area contributed by atoms with Crippen molar-refractivity contribution in [1.29, 1.82) is 0 Å². The molecule has 0 spiro atoms. The summed E-state index contributed by atoms with van der Waals surface area (Å²) in [6.07, 6.45) is 9.43. The van der Waals surface area contributed by atoms with Crippen LogP contribution in [0, 0.1) is 5.92 Å². The molecule has 1 rings (SSSR count). The van der Waals surface area contributed by atoms with Crippen LogP contribution in [-0.2, 0) is 0 Å². The van der Waals surface area contributed by atoms with Crippen molar-refractivity contribution in [2.24, 2.45) is 11.7 Å². The van der Waals surface area contributed by atoms with Crippen LogP contribution in [0.4, 0.5) is 0 Å². The number of hydrogen-bond donors (Lipinski definition) is 1. The molecule has 17 heavy (non-hydrogen) atoms. The van der Waals surface area contributed by atoms with Gasteiger partial charge in [-0.05, 0) is 44.7 Å². The van der Waals surface area contributed by atoms with Gasteiger partial charge in [-0.2, -0.15) is 0 Å². The zero-order valence-corrected chi connectivity index (χ0v) is 12.1. The van der Waals surface area contributed by atoms with Crippen LogP contribution >= 0.6 is 0 Å². The minimum Gasteiger partial charge on any atom is -0.330 e. The predicted molar refractivity (Wildman–Crippen MR) is 76.2 cm³/mol. The van der Waals surface area contributed by atoms with E-state index in [0.29, 0.717) is 0 Å². The Morgan fingerprint density at radius 2 is 1.76 bits per heavy atom. The molecule has 0 saturated heterocycles. The summed E-state index contributed by atoms with van der Waals surface area (Å²) in [5.41, 5.74) is 5.94. The molecule has 2 N–H and O–H groups in total. The minimum atomic E-state index is 0.756. The Kier molecular flexibility index (Phi) is 7.14. The second kappa shape index (κ2) is 8.10. The van der Waals surface area contributed by atoms with Crippen molar-refractivity contribution in [2.75, 3.05) is 13.1 Å². The first-order valence-corrected chi connectivity index (χ1v) is 7.74. The van der Waals surface area contributed by atoms with Crippen LogP contribution < -0.4 is 5.73 Å². The smallest absolute Gasteiger partial charge is 0.0138 e. The molecule has 102 valence electrons. The highest BCUT2D eigenvalue weighted by Crippen LogP contribution is 2.32. The maximum Gasteiger partial charge on any atom is 0.0138 e. The van der Waals surface area contributed by atoms with Crippen molar-refractivity contribution >= 4 is 0 Å². The van der Waals surface area contributed by atoms with Gasteiger partial charge in [0.1, 0.15) is 0 Å². The van der Waals surface area contributed by atoms with Gasteiger partial charge >= 0.3 is 0 Å². The average molecular weight is 240 g/mol. The lowest BCUT2D eigenvalue weighted by atomic mass is 9.97. The topological polar surface area (TPSA) is 29.3 Å². The van der Waals surface area contributed by atoms with Gasteiger partial charge in [0.05, 0.1) is 0 Å². The van der Waals surface area contributed by atoms with E-state index in [0.717, 1.165) is 24.5 Å². The van der Waals surface area contributed by atoms with Gasteiger partial charge in [-0.1, -0.05) is 40.0 Å². The van der Waals surface area contributed by atoms with E-state index in [2.05, 4.69) is 25.7 Å². The highest BCUT2D eigenvalue weighted by Gasteiger charge is 2.33. The van der Waals surface area contributed by atoms with E-state index < -0.39 is 0 Å². The van der Waals surface area contributed by atoms with E-state index in [-0.39, 0.29) is 0 Å². The highest BCUT2D eigenvalue weighted by atomic mass is 15.2. The molecule has 0 bridgehead atoms. The van der Waals surface area contributed by atoms with Gasteiger partial charge in [-0.25, -0.2) is 0 Å². The van der Waals surface area contributed by atoms with Crippen molar-refractivity contribution in [3.05, 3.63) is 0 Å². The van der Waals surface area contributed by atoms with E-state index in [1.165, 1.54) is 51.5 Å². The standard InChI is InChI=1S/C15H32N2/c1-4-8-14(9-5-2)17(6-3)15-11-7-10-13(15)12-16/h13-15H,4-12,16H2,1-3H3. The highest BCUT2D eigenvalue weighted by molar-refractivity contribution is 4.88. The first-order chi connectivity index (χ1) is 8.28. The second-order valence-electron chi connectivity index (χ2n) is 5.56. The minimum absolute atomic E-state index is 0.756. The molecule has 0 amide bonds. The lowest BCUT2D eigenvalue weighted by molar-refractivity contribution is 0.101. The molecule has 0 aliphatic heterocycles. The molecule has 0 aromatic rings. The van der Waals surface area contributed by atoms with Crippen molar-refractivity contribution in [3.63, 3.8) is 0 Å². The van der Waals surface area contributed by atoms with E-state index in [9.17, 15) is 0 Å². The Balaban J connectivity index is 2.65. The van der Waals surface area contributed by atoms with Crippen LogP contribution in [0.5, 0.6) is 0 Å². The van der Waals surface area contributed by atoms with Crippen LogP contribution in [0.2, 0.25) is 0 Å². The average Bonchev–Trinajstić information content (AvgIpc) is 2.79. The number of rotatable bonds is 8. The maximum absolute atomic E-state index is 5.94. The summed E-state index contributed by atoms with van der Waals surface area (Å²) < 4.78 is 0. The van der Waals surface area contributed by atoms with Crippen LogP contribution in [-0.4, -0.2) is 30.1 Å². The van der Waals surface area contributed by atoms with Crippen LogP contribution in [0.25, 0.3) is 0 Å². The molecule has 1 aliphatic carbocycles. The third kappa shape index (κ3) is 3.96. The second-order valence-corrected chi connectivity index (χ2v) is 5.56. The van der Waals surface area contributed by atoms with Crippen LogP contribution in [0.3, 0.4) is 0 Å². The molecule has 2 heteroatoms. The van der Waals surface area contributed by atoms with Crippen molar-refractivity contribution in [2.45, 2.75) is 77.8 Å². The zero-order chi connectivity index (χ0) is 12.7. The van der Waals surface area contributed by atoms with E-state index in [1.807, 2.05) is 0 Å². The van der Waals surface area contributed by atoms with Gasteiger partial charge in [-0.3, -0.25) is 4.90 Å². The predicted octanol–water partition coefficient (Wildman–Crippen LogP) is 3.40. The molecule has 0 aromatic carbocycles. The molecular weight excluding hydrogens is 208 g/mol. The van der Waals surface area contributed by atoms with Gasteiger partial charge in [0.15, 0.2) is 0 Å². The third-order valence-electron chi connectivity index (χ3n) is 4.43.